The van der Waals surface area contributed by atoms with Crippen LogP contribution in [0, 0.1) is 0 Å². The van der Waals surface area contributed by atoms with Gasteiger partial charge in [-0.05, 0) is 25.0 Å². The number of benzene rings is 1. The Morgan fingerprint density at radius 2 is 2.08 bits per heavy atom. The first-order valence-electron chi connectivity index (χ1n) is 8.54. The Labute approximate surface area is 140 Å². The molecule has 0 aromatic heterocycles. The fraction of sp³-hybridized carbons (Fsp3) is 0.529. The molecule has 2 heterocycles. The first kappa shape index (κ1) is 15.3. The van der Waals surface area contributed by atoms with Crippen molar-refractivity contribution in [3.63, 3.8) is 0 Å². The molecule has 2 fully saturated rings. The van der Waals surface area contributed by atoms with Crippen molar-refractivity contribution in [3.8, 4) is 11.5 Å². The zero-order chi connectivity index (χ0) is 16.5. The molecule has 0 radical (unpaired) electrons. The Morgan fingerprint density at radius 1 is 1.25 bits per heavy atom. The van der Waals surface area contributed by atoms with Crippen LogP contribution < -0.4 is 25.4 Å². The van der Waals surface area contributed by atoms with Crippen LogP contribution in [-0.2, 0) is 9.59 Å². The predicted molar refractivity (Wildman–Crippen MR) is 85.7 cm³/mol. The van der Waals surface area contributed by atoms with Gasteiger partial charge in [0.2, 0.25) is 12.7 Å². The van der Waals surface area contributed by atoms with Crippen LogP contribution in [0.2, 0.25) is 0 Å². The van der Waals surface area contributed by atoms with Crippen molar-refractivity contribution in [2.75, 3.05) is 12.1 Å². The van der Waals surface area contributed by atoms with Crippen LogP contribution >= 0.6 is 0 Å². The maximum absolute atomic E-state index is 12.3. The van der Waals surface area contributed by atoms with Crippen LogP contribution in [0.4, 0.5) is 5.69 Å². The first-order chi connectivity index (χ1) is 11.7. The minimum absolute atomic E-state index is 0.0287. The molecule has 1 aromatic rings. The lowest BCUT2D eigenvalue weighted by molar-refractivity contribution is -0.718. The maximum Gasteiger partial charge on any atom is 0.279 e. The molecule has 4 rings (SSSR count). The number of hydrogen-bond acceptors (Lipinski definition) is 4. The molecular weight excluding hydrogens is 310 g/mol. The topological polar surface area (TPSA) is 93.3 Å². The van der Waals surface area contributed by atoms with Gasteiger partial charge in [-0.15, -0.1) is 0 Å². The second kappa shape index (κ2) is 6.32. The minimum Gasteiger partial charge on any atom is -0.454 e. The zero-order valence-electron chi connectivity index (χ0n) is 13.4. The van der Waals surface area contributed by atoms with Gasteiger partial charge in [0.25, 0.3) is 5.91 Å². The van der Waals surface area contributed by atoms with Gasteiger partial charge in [-0.2, -0.15) is 0 Å². The van der Waals surface area contributed by atoms with Gasteiger partial charge in [0.1, 0.15) is 6.04 Å². The number of piperazine rings is 1. The average molecular weight is 332 g/mol. The van der Waals surface area contributed by atoms with Crippen molar-refractivity contribution in [1.29, 1.82) is 0 Å². The Kier molecular flexibility index (Phi) is 4.02. The third-order valence-electron chi connectivity index (χ3n) is 5.02. The average Bonchev–Trinajstić information content (AvgIpc) is 3.03. The van der Waals surface area contributed by atoms with E-state index in [1.165, 1.54) is 12.8 Å². The summed E-state index contributed by atoms with van der Waals surface area (Å²) >= 11 is 0. The highest BCUT2D eigenvalue weighted by molar-refractivity contribution is 5.95. The van der Waals surface area contributed by atoms with Gasteiger partial charge in [-0.1, -0.05) is 6.42 Å². The standard InChI is InChI=1S/C17H21N3O4/c21-16(18-10-5-6-14-15(7-10)24-9-23-14)8-13-17(22)20-12-4-2-1-3-11(12)19-13/h5-7,11-13,19H,1-4,8-9H2,(H,18,21)(H,20,22)/p+1/t11-,12-,13+/m0/s1. The van der Waals surface area contributed by atoms with E-state index < -0.39 is 0 Å². The first-order valence-corrected chi connectivity index (χ1v) is 8.54. The van der Waals surface area contributed by atoms with Gasteiger partial charge in [0, 0.05) is 18.2 Å². The van der Waals surface area contributed by atoms with Gasteiger partial charge < -0.3 is 25.4 Å². The number of nitrogens with one attached hydrogen (secondary N) is 2. The number of rotatable bonds is 3. The molecule has 0 bridgehead atoms. The quantitative estimate of drug-likeness (QED) is 0.733. The smallest absolute Gasteiger partial charge is 0.279 e. The number of hydrogen-bond donors (Lipinski definition) is 3. The molecule has 7 nitrogen and oxygen atoms in total. The highest BCUT2D eigenvalue weighted by Crippen LogP contribution is 2.34. The maximum atomic E-state index is 12.3. The molecule has 7 heteroatoms. The van der Waals surface area contributed by atoms with Crippen LogP contribution in [0.5, 0.6) is 11.5 Å². The van der Waals surface area contributed by atoms with Crippen LogP contribution in [-0.4, -0.2) is 36.7 Å². The van der Waals surface area contributed by atoms with Crippen LogP contribution in [0.1, 0.15) is 32.1 Å². The van der Waals surface area contributed by atoms with Crippen LogP contribution in [0.3, 0.4) is 0 Å². The number of fused-ring (bicyclic) bond motifs is 2. The number of ether oxygens (including phenoxy) is 2. The number of amides is 2. The van der Waals surface area contributed by atoms with E-state index in [4.69, 9.17) is 9.47 Å². The third kappa shape index (κ3) is 3.03. The van der Waals surface area contributed by atoms with E-state index in [-0.39, 0.29) is 37.1 Å². The molecule has 2 aliphatic heterocycles. The molecule has 24 heavy (non-hydrogen) atoms. The Bertz CT molecular complexity index is 663. The van der Waals surface area contributed by atoms with Gasteiger partial charge >= 0.3 is 0 Å². The normalized spacial score (nSPS) is 28.0. The van der Waals surface area contributed by atoms with Gasteiger partial charge in [-0.25, -0.2) is 0 Å². The molecule has 1 saturated heterocycles. The largest absolute Gasteiger partial charge is 0.454 e. The number of carbonyl (C=O) groups is 2. The SMILES string of the molecule is O=C(C[C@H]1[NH2+][C@H]2CCCC[C@@H]2NC1=O)Nc1ccc2c(c1)OCO2. The predicted octanol–water partition coefficient (Wildman–Crippen LogP) is 0.117. The minimum atomic E-state index is -0.349. The van der Waals surface area contributed by atoms with E-state index in [0.29, 0.717) is 23.2 Å². The van der Waals surface area contributed by atoms with Crippen LogP contribution in [0.15, 0.2) is 18.2 Å². The summed E-state index contributed by atoms with van der Waals surface area (Å²) in [4.78, 5) is 24.5. The summed E-state index contributed by atoms with van der Waals surface area (Å²) in [5, 5.41) is 8.01. The number of nitrogens with two attached hydrogens (primary N) is 1. The lowest BCUT2D eigenvalue weighted by Crippen LogP contribution is -3.03. The fourth-order valence-electron chi connectivity index (χ4n) is 3.79. The summed E-state index contributed by atoms with van der Waals surface area (Å²) in [5.74, 6) is 1.11. The summed E-state index contributed by atoms with van der Waals surface area (Å²) in [6.07, 6.45) is 4.69. The van der Waals surface area contributed by atoms with Crippen molar-refractivity contribution >= 4 is 17.5 Å². The summed E-state index contributed by atoms with van der Waals surface area (Å²) in [6.45, 7) is 0.201. The molecule has 0 unspecified atom stereocenters. The van der Waals surface area contributed by atoms with Crippen molar-refractivity contribution in [2.45, 2.75) is 50.2 Å². The summed E-state index contributed by atoms with van der Waals surface area (Å²) in [5.41, 5.74) is 0.649. The number of quaternary nitrogens is 1. The van der Waals surface area contributed by atoms with E-state index in [2.05, 4.69) is 16.0 Å². The molecule has 1 saturated carbocycles. The molecule has 1 aromatic carbocycles. The Morgan fingerprint density at radius 3 is 3.00 bits per heavy atom. The number of carbonyl (C=O) groups excluding carboxylic acids is 2. The Hall–Kier alpha value is -2.28. The zero-order valence-corrected chi connectivity index (χ0v) is 13.4. The van der Waals surface area contributed by atoms with E-state index in [1.807, 2.05) is 0 Å². The van der Waals surface area contributed by atoms with Crippen molar-refractivity contribution < 1.29 is 24.4 Å². The molecular formula is C17H22N3O4+. The van der Waals surface area contributed by atoms with E-state index in [1.54, 1.807) is 18.2 Å². The molecule has 3 aliphatic rings. The van der Waals surface area contributed by atoms with Crippen molar-refractivity contribution in [3.05, 3.63) is 18.2 Å². The second-order valence-electron chi connectivity index (χ2n) is 6.68. The molecule has 4 N–H and O–H groups in total. The van der Waals surface area contributed by atoms with E-state index >= 15 is 0 Å². The highest BCUT2D eigenvalue weighted by Gasteiger charge is 2.40. The highest BCUT2D eigenvalue weighted by atomic mass is 16.7. The van der Waals surface area contributed by atoms with E-state index in [9.17, 15) is 9.59 Å². The Balaban J connectivity index is 1.36. The van der Waals surface area contributed by atoms with Gasteiger partial charge in [0.15, 0.2) is 17.5 Å². The summed E-state index contributed by atoms with van der Waals surface area (Å²) < 4.78 is 10.6. The summed E-state index contributed by atoms with van der Waals surface area (Å²) in [7, 11) is 0. The van der Waals surface area contributed by atoms with Crippen LogP contribution in [0.25, 0.3) is 0 Å². The number of anilines is 1. The summed E-state index contributed by atoms with van der Waals surface area (Å²) in [6, 6.07) is 5.59. The third-order valence-corrected chi connectivity index (χ3v) is 5.02. The van der Waals surface area contributed by atoms with Crippen molar-refractivity contribution in [2.24, 2.45) is 0 Å². The van der Waals surface area contributed by atoms with E-state index in [0.717, 1.165) is 12.8 Å². The molecule has 3 atom stereocenters. The van der Waals surface area contributed by atoms with Gasteiger partial charge in [-0.3, -0.25) is 9.59 Å². The molecule has 128 valence electrons. The lowest BCUT2D eigenvalue weighted by Gasteiger charge is -2.37. The monoisotopic (exact) mass is 332 g/mol. The fourth-order valence-corrected chi connectivity index (χ4v) is 3.79. The van der Waals surface area contributed by atoms with Gasteiger partial charge in [0.05, 0.1) is 12.5 Å². The van der Waals surface area contributed by atoms with Crippen molar-refractivity contribution in [1.82, 2.24) is 5.32 Å². The second-order valence-corrected chi connectivity index (χ2v) is 6.68. The molecule has 1 aliphatic carbocycles. The molecule has 2 amide bonds. The lowest BCUT2D eigenvalue weighted by atomic mass is 9.87. The molecule has 0 spiro atoms.